The van der Waals surface area contributed by atoms with Crippen molar-refractivity contribution >= 4 is 11.6 Å². The Morgan fingerprint density at radius 3 is 2.88 bits per heavy atom. The highest BCUT2D eigenvalue weighted by Gasteiger charge is 2.21. The van der Waals surface area contributed by atoms with Gasteiger partial charge in [0.1, 0.15) is 24.1 Å². The van der Waals surface area contributed by atoms with Crippen LogP contribution in [0.25, 0.3) is 11.3 Å². The van der Waals surface area contributed by atoms with Gasteiger partial charge in [-0.3, -0.25) is 9.48 Å². The van der Waals surface area contributed by atoms with Crippen LogP contribution in [0.4, 0.5) is 14.5 Å². The molecule has 0 spiro atoms. The smallest absolute Gasteiger partial charge is 0.387 e. The summed E-state index contributed by atoms with van der Waals surface area (Å²) in [5, 5.41) is 7.33. The number of aromatic nitrogens is 2. The third kappa shape index (κ3) is 5.42. The first-order chi connectivity index (χ1) is 15.5. The first kappa shape index (κ1) is 21.8. The SMILES string of the molecule is Cc1ccccc1NC(=O)Cn1ccc(-c2ccc(OC(F)F)cc2O[C@@H]2CCOC2)n1. The molecule has 32 heavy (non-hydrogen) atoms. The van der Waals surface area contributed by atoms with Crippen LogP contribution in [-0.2, 0) is 16.1 Å². The van der Waals surface area contributed by atoms with E-state index < -0.39 is 6.61 Å². The van der Waals surface area contributed by atoms with Gasteiger partial charge in [-0.15, -0.1) is 0 Å². The van der Waals surface area contributed by atoms with Crippen LogP contribution in [0.1, 0.15) is 12.0 Å². The standard InChI is InChI=1S/C23H23F2N3O4/c1-15-4-2-3-5-19(15)26-22(29)13-28-10-8-20(27-28)18-7-6-16(32-23(24)25)12-21(18)31-17-9-11-30-14-17/h2-8,10,12,17,23H,9,11,13-14H2,1H3,(H,26,29)/t17-/m1/s1. The Morgan fingerprint density at radius 1 is 1.28 bits per heavy atom. The molecular weight excluding hydrogens is 420 g/mol. The monoisotopic (exact) mass is 443 g/mol. The molecule has 1 saturated heterocycles. The van der Waals surface area contributed by atoms with Crippen LogP contribution >= 0.6 is 0 Å². The van der Waals surface area contributed by atoms with E-state index in [-0.39, 0.29) is 24.3 Å². The second-order valence-electron chi connectivity index (χ2n) is 7.40. The summed E-state index contributed by atoms with van der Waals surface area (Å²) in [6.45, 7) is 0.00706. The summed E-state index contributed by atoms with van der Waals surface area (Å²) in [5.74, 6) is 0.150. The molecule has 2 heterocycles. The molecule has 1 aliphatic heterocycles. The predicted octanol–water partition coefficient (Wildman–Crippen LogP) is 4.27. The van der Waals surface area contributed by atoms with E-state index in [4.69, 9.17) is 9.47 Å². The van der Waals surface area contributed by atoms with Gasteiger partial charge in [-0.2, -0.15) is 13.9 Å². The van der Waals surface area contributed by atoms with Crippen molar-refractivity contribution in [2.75, 3.05) is 18.5 Å². The second kappa shape index (κ2) is 9.78. The lowest BCUT2D eigenvalue weighted by molar-refractivity contribution is -0.116. The quantitative estimate of drug-likeness (QED) is 0.563. The molecule has 0 saturated carbocycles. The molecule has 1 N–H and O–H groups in total. The third-order valence-electron chi connectivity index (χ3n) is 5.00. The summed E-state index contributed by atoms with van der Waals surface area (Å²) >= 11 is 0. The van der Waals surface area contributed by atoms with Gasteiger partial charge in [0.2, 0.25) is 5.91 Å². The van der Waals surface area contributed by atoms with Gasteiger partial charge < -0.3 is 19.5 Å². The van der Waals surface area contributed by atoms with Crippen molar-refractivity contribution < 1.29 is 27.8 Å². The van der Waals surface area contributed by atoms with Crippen LogP contribution in [-0.4, -0.2) is 41.6 Å². The molecule has 1 aliphatic rings. The number of rotatable bonds is 8. The van der Waals surface area contributed by atoms with Crippen molar-refractivity contribution in [3.63, 3.8) is 0 Å². The highest BCUT2D eigenvalue weighted by atomic mass is 19.3. The Bertz CT molecular complexity index is 1080. The molecule has 0 unspecified atom stereocenters. The molecule has 0 bridgehead atoms. The molecule has 4 rings (SSSR count). The fourth-order valence-electron chi connectivity index (χ4n) is 3.42. The largest absolute Gasteiger partial charge is 0.487 e. The minimum atomic E-state index is -2.94. The topological polar surface area (TPSA) is 74.6 Å². The van der Waals surface area contributed by atoms with Crippen LogP contribution in [0.5, 0.6) is 11.5 Å². The summed E-state index contributed by atoms with van der Waals surface area (Å²) in [4.78, 5) is 12.4. The molecule has 2 aromatic carbocycles. The molecular formula is C23H23F2N3O4. The average Bonchev–Trinajstić information content (AvgIpc) is 3.42. The molecule has 1 amide bonds. The zero-order valence-corrected chi connectivity index (χ0v) is 17.5. The number of carbonyl (C=O) groups is 1. The van der Waals surface area contributed by atoms with Gasteiger partial charge in [-0.1, -0.05) is 18.2 Å². The van der Waals surface area contributed by atoms with E-state index in [1.54, 1.807) is 18.3 Å². The average molecular weight is 443 g/mol. The van der Waals surface area contributed by atoms with E-state index in [2.05, 4.69) is 15.2 Å². The summed E-state index contributed by atoms with van der Waals surface area (Å²) in [6, 6.07) is 13.7. The number of hydrogen-bond acceptors (Lipinski definition) is 5. The van der Waals surface area contributed by atoms with Crippen molar-refractivity contribution in [1.29, 1.82) is 0 Å². The predicted molar refractivity (Wildman–Crippen MR) is 114 cm³/mol. The maximum absolute atomic E-state index is 12.6. The summed E-state index contributed by atoms with van der Waals surface area (Å²) in [6.07, 6.45) is 2.20. The fraction of sp³-hybridized carbons (Fsp3) is 0.304. The van der Waals surface area contributed by atoms with Crippen molar-refractivity contribution in [3.8, 4) is 22.8 Å². The van der Waals surface area contributed by atoms with Crippen LogP contribution in [0, 0.1) is 6.92 Å². The molecule has 3 aromatic rings. The number of halogens is 2. The molecule has 7 nitrogen and oxygen atoms in total. The first-order valence-electron chi connectivity index (χ1n) is 10.2. The van der Waals surface area contributed by atoms with Gasteiger partial charge in [0.05, 0.1) is 18.9 Å². The van der Waals surface area contributed by atoms with Crippen molar-refractivity contribution in [2.24, 2.45) is 0 Å². The summed E-state index contributed by atoms with van der Waals surface area (Å²) < 4.78 is 42.6. The van der Waals surface area contributed by atoms with E-state index >= 15 is 0 Å². The second-order valence-corrected chi connectivity index (χ2v) is 7.40. The van der Waals surface area contributed by atoms with Gasteiger partial charge in [0.15, 0.2) is 0 Å². The number of aryl methyl sites for hydroxylation is 1. The Balaban J connectivity index is 1.51. The number of anilines is 1. The molecule has 1 aromatic heterocycles. The number of benzene rings is 2. The van der Waals surface area contributed by atoms with Gasteiger partial charge in [0.25, 0.3) is 0 Å². The minimum Gasteiger partial charge on any atom is -0.487 e. The zero-order valence-electron chi connectivity index (χ0n) is 17.5. The van der Waals surface area contributed by atoms with Crippen LogP contribution < -0.4 is 14.8 Å². The van der Waals surface area contributed by atoms with E-state index in [0.717, 1.165) is 11.3 Å². The Labute approximate surface area is 183 Å². The van der Waals surface area contributed by atoms with Gasteiger partial charge in [-0.25, -0.2) is 0 Å². The molecule has 1 fully saturated rings. The lowest BCUT2D eigenvalue weighted by Gasteiger charge is -2.16. The van der Waals surface area contributed by atoms with Crippen LogP contribution in [0.2, 0.25) is 0 Å². The molecule has 168 valence electrons. The van der Waals surface area contributed by atoms with Gasteiger partial charge in [0, 0.05) is 29.9 Å². The van der Waals surface area contributed by atoms with E-state index in [9.17, 15) is 13.6 Å². The third-order valence-corrected chi connectivity index (χ3v) is 5.00. The van der Waals surface area contributed by atoms with Crippen molar-refractivity contribution in [2.45, 2.75) is 32.6 Å². The normalized spacial score (nSPS) is 15.7. The van der Waals surface area contributed by atoms with E-state index in [1.165, 1.54) is 16.8 Å². The van der Waals surface area contributed by atoms with E-state index in [0.29, 0.717) is 36.6 Å². The van der Waals surface area contributed by atoms with Crippen LogP contribution in [0.15, 0.2) is 54.7 Å². The summed E-state index contributed by atoms with van der Waals surface area (Å²) in [5.41, 5.74) is 2.86. The van der Waals surface area contributed by atoms with E-state index in [1.807, 2.05) is 31.2 Å². The number of carbonyl (C=O) groups excluding carboxylic acids is 1. The molecule has 1 atom stereocenters. The van der Waals surface area contributed by atoms with Gasteiger partial charge in [-0.05, 0) is 36.8 Å². The Hall–Kier alpha value is -3.46. The number of para-hydroxylation sites is 1. The first-order valence-corrected chi connectivity index (χ1v) is 10.2. The Kier molecular flexibility index (Phi) is 6.65. The summed E-state index contributed by atoms with van der Waals surface area (Å²) in [7, 11) is 0. The minimum absolute atomic E-state index is 0.00490. The molecule has 0 radical (unpaired) electrons. The molecule has 9 heteroatoms. The maximum Gasteiger partial charge on any atom is 0.387 e. The number of amides is 1. The number of nitrogens with one attached hydrogen (secondary N) is 1. The zero-order chi connectivity index (χ0) is 22.5. The Morgan fingerprint density at radius 2 is 2.12 bits per heavy atom. The van der Waals surface area contributed by atoms with Gasteiger partial charge >= 0.3 is 6.61 Å². The highest BCUT2D eigenvalue weighted by molar-refractivity contribution is 5.91. The maximum atomic E-state index is 12.6. The molecule has 0 aliphatic carbocycles. The lowest BCUT2D eigenvalue weighted by Crippen LogP contribution is -2.19. The number of nitrogens with zero attached hydrogens (tertiary/aromatic N) is 2. The number of alkyl halides is 2. The number of ether oxygens (including phenoxy) is 3. The number of hydrogen-bond donors (Lipinski definition) is 1. The fourth-order valence-corrected chi connectivity index (χ4v) is 3.42. The van der Waals surface area contributed by atoms with Crippen molar-refractivity contribution in [3.05, 3.63) is 60.3 Å². The van der Waals surface area contributed by atoms with Crippen molar-refractivity contribution in [1.82, 2.24) is 9.78 Å². The van der Waals surface area contributed by atoms with Crippen LogP contribution in [0.3, 0.4) is 0 Å². The lowest BCUT2D eigenvalue weighted by atomic mass is 10.1. The highest BCUT2D eigenvalue weighted by Crippen LogP contribution is 2.34.